The first-order valence-electron chi connectivity index (χ1n) is 8.97. The second-order valence-corrected chi connectivity index (χ2v) is 7.54. The molecule has 1 saturated carbocycles. The van der Waals surface area contributed by atoms with Gasteiger partial charge in [0.15, 0.2) is 5.82 Å². The number of amides is 1. The fraction of sp³-hybridized carbons (Fsp3) is 0.824. The molecule has 2 fully saturated rings. The molecule has 0 atom stereocenters. The average Bonchev–Trinajstić information content (AvgIpc) is 2.89. The predicted octanol–water partition coefficient (Wildman–Crippen LogP) is 3.00. The Morgan fingerprint density at radius 2 is 1.96 bits per heavy atom. The zero-order chi connectivity index (χ0) is 16.3. The lowest BCUT2D eigenvalue weighted by atomic mass is 9.73. The van der Waals surface area contributed by atoms with Gasteiger partial charge in [-0.3, -0.25) is 10.1 Å². The summed E-state index contributed by atoms with van der Waals surface area (Å²) in [5, 5.41) is 10.8. The Morgan fingerprint density at radius 1 is 1.29 bits per heavy atom. The smallest absolute Gasteiger partial charge is 0.227 e. The first kappa shape index (κ1) is 19.2. The van der Waals surface area contributed by atoms with E-state index in [9.17, 15) is 4.79 Å². The van der Waals surface area contributed by atoms with Crippen molar-refractivity contribution >= 4 is 24.3 Å². The van der Waals surface area contributed by atoms with Crippen molar-refractivity contribution < 1.29 is 4.79 Å². The predicted molar refractivity (Wildman–Crippen MR) is 97.5 cm³/mol. The summed E-state index contributed by atoms with van der Waals surface area (Å²) in [7, 11) is 1.86. The first-order valence-corrected chi connectivity index (χ1v) is 8.97. The molecule has 1 aromatic rings. The van der Waals surface area contributed by atoms with Gasteiger partial charge in [-0.2, -0.15) is 10.1 Å². The van der Waals surface area contributed by atoms with Gasteiger partial charge in [0.05, 0.1) is 0 Å². The molecular weight excluding hydrogens is 326 g/mol. The maximum absolute atomic E-state index is 12.4. The second-order valence-electron chi connectivity index (χ2n) is 7.54. The normalized spacial score (nSPS) is 21.1. The topological polar surface area (TPSA) is 71.8 Å². The highest BCUT2D eigenvalue weighted by Gasteiger charge is 2.30. The monoisotopic (exact) mass is 355 g/mol. The Hall–Kier alpha value is -1.14. The molecule has 0 unspecified atom stereocenters. The molecule has 2 N–H and O–H groups in total. The molecule has 3 rings (SSSR count). The van der Waals surface area contributed by atoms with Crippen LogP contribution in [0.25, 0.3) is 0 Å². The van der Waals surface area contributed by atoms with Gasteiger partial charge in [0, 0.05) is 19.4 Å². The number of hydrogen-bond acceptors (Lipinski definition) is 4. The number of aromatic nitrogens is 3. The molecule has 0 aromatic carbocycles. The van der Waals surface area contributed by atoms with E-state index in [2.05, 4.69) is 27.6 Å². The molecule has 6 nitrogen and oxygen atoms in total. The van der Waals surface area contributed by atoms with Crippen LogP contribution in [0, 0.1) is 5.41 Å². The maximum Gasteiger partial charge on any atom is 0.227 e. The third-order valence-electron chi connectivity index (χ3n) is 5.38. The molecule has 1 saturated heterocycles. The van der Waals surface area contributed by atoms with Crippen molar-refractivity contribution in [2.24, 2.45) is 12.5 Å². The molecule has 0 bridgehead atoms. The van der Waals surface area contributed by atoms with Crippen molar-refractivity contribution in [1.82, 2.24) is 20.1 Å². The Labute approximate surface area is 150 Å². The van der Waals surface area contributed by atoms with Crippen LogP contribution < -0.4 is 10.6 Å². The van der Waals surface area contributed by atoms with Crippen molar-refractivity contribution in [1.29, 1.82) is 0 Å². The lowest BCUT2D eigenvalue weighted by molar-refractivity contribution is -0.118. The minimum atomic E-state index is 0. The third kappa shape index (κ3) is 4.70. The SMILES string of the molecule is Cl.Cn1nc(C2CCNCC2)nc1NC(=O)CC1(C)CCCCC1. The van der Waals surface area contributed by atoms with Crippen LogP contribution in [0.3, 0.4) is 0 Å². The number of nitrogens with one attached hydrogen (secondary N) is 2. The number of carbonyl (C=O) groups excluding carboxylic acids is 1. The standard InChI is InChI=1S/C17H29N5O.ClH/c1-17(8-4-3-5-9-17)12-14(23)19-16-20-15(21-22(16)2)13-6-10-18-11-7-13;/h13,18H,3-12H2,1-2H3,(H,19,20,21,23);1H. The molecule has 1 aliphatic carbocycles. The van der Waals surface area contributed by atoms with E-state index < -0.39 is 0 Å². The van der Waals surface area contributed by atoms with Gasteiger partial charge in [-0.25, -0.2) is 4.68 Å². The lowest BCUT2D eigenvalue weighted by Gasteiger charge is -2.32. The molecule has 24 heavy (non-hydrogen) atoms. The van der Waals surface area contributed by atoms with Gasteiger partial charge >= 0.3 is 0 Å². The minimum Gasteiger partial charge on any atom is -0.317 e. The third-order valence-corrected chi connectivity index (χ3v) is 5.38. The van der Waals surface area contributed by atoms with Gasteiger partial charge in [0.2, 0.25) is 11.9 Å². The highest BCUT2D eigenvalue weighted by atomic mass is 35.5. The van der Waals surface area contributed by atoms with Crippen LogP contribution in [0.15, 0.2) is 0 Å². The van der Waals surface area contributed by atoms with E-state index >= 15 is 0 Å². The highest BCUT2D eigenvalue weighted by Crippen LogP contribution is 2.38. The Morgan fingerprint density at radius 3 is 2.62 bits per heavy atom. The highest BCUT2D eigenvalue weighted by molar-refractivity contribution is 5.89. The van der Waals surface area contributed by atoms with E-state index in [1.165, 1.54) is 19.3 Å². The van der Waals surface area contributed by atoms with Crippen LogP contribution in [0.1, 0.15) is 70.0 Å². The lowest BCUT2D eigenvalue weighted by Crippen LogP contribution is -2.28. The number of anilines is 1. The van der Waals surface area contributed by atoms with Crippen molar-refractivity contribution in [3.8, 4) is 0 Å². The summed E-state index contributed by atoms with van der Waals surface area (Å²) in [6.45, 7) is 4.27. The number of nitrogens with zero attached hydrogens (tertiary/aromatic N) is 3. The Bertz CT molecular complexity index is 547. The summed E-state index contributed by atoms with van der Waals surface area (Å²) >= 11 is 0. The molecule has 0 spiro atoms. The van der Waals surface area contributed by atoms with Gasteiger partial charge < -0.3 is 5.32 Å². The second kappa shape index (κ2) is 8.30. The summed E-state index contributed by atoms with van der Waals surface area (Å²) in [4.78, 5) is 17.0. The number of piperidine rings is 1. The molecule has 2 aliphatic rings. The van der Waals surface area contributed by atoms with Crippen LogP contribution in [0.4, 0.5) is 5.95 Å². The zero-order valence-electron chi connectivity index (χ0n) is 14.8. The van der Waals surface area contributed by atoms with Crippen LogP contribution in [0.5, 0.6) is 0 Å². The molecule has 1 amide bonds. The number of hydrogen-bond donors (Lipinski definition) is 2. The molecule has 136 valence electrons. The van der Waals surface area contributed by atoms with Crippen LogP contribution in [0.2, 0.25) is 0 Å². The van der Waals surface area contributed by atoms with E-state index in [4.69, 9.17) is 0 Å². The number of aryl methyl sites for hydroxylation is 1. The largest absolute Gasteiger partial charge is 0.317 e. The molecule has 0 radical (unpaired) electrons. The molecule has 2 heterocycles. The molecule has 7 heteroatoms. The first-order chi connectivity index (χ1) is 11.1. The van der Waals surface area contributed by atoms with E-state index in [1.807, 2.05) is 7.05 Å². The van der Waals surface area contributed by atoms with Crippen LogP contribution in [-0.4, -0.2) is 33.8 Å². The van der Waals surface area contributed by atoms with Gasteiger partial charge in [-0.1, -0.05) is 26.2 Å². The maximum atomic E-state index is 12.4. The van der Waals surface area contributed by atoms with Gasteiger partial charge in [0.25, 0.3) is 0 Å². The Kier molecular flexibility index (Phi) is 6.63. The van der Waals surface area contributed by atoms with Crippen molar-refractivity contribution in [2.45, 2.75) is 64.2 Å². The Balaban J connectivity index is 0.00000208. The quantitative estimate of drug-likeness (QED) is 0.870. The average molecular weight is 356 g/mol. The van der Waals surface area contributed by atoms with Crippen molar-refractivity contribution in [2.75, 3.05) is 18.4 Å². The van der Waals surface area contributed by atoms with E-state index in [1.54, 1.807) is 4.68 Å². The molecule has 1 aromatic heterocycles. The van der Waals surface area contributed by atoms with Crippen molar-refractivity contribution in [3.05, 3.63) is 5.82 Å². The van der Waals surface area contributed by atoms with E-state index in [0.717, 1.165) is 44.6 Å². The summed E-state index contributed by atoms with van der Waals surface area (Å²) in [5.41, 5.74) is 0.152. The summed E-state index contributed by atoms with van der Waals surface area (Å²) in [5.74, 6) is 1.93. The zero-order valence-corrected chi connectivity index (χ0v) is 15.6. The van der Waals surface area contributed by atoms with Gasteiger partial charge in [0.1, 0.15) is 0 Å². The van der Waals surface area contributed by atoms with Crippen LogP contribution in [-0.2, 0) is 11.8 Å². The number of rotatable bonds is 4. The van der Waals surface area contributed by atoms with Gasteiger partial charge in [-0.05, 0) is 44.2 Å². The van der Waals surface area contributed by atoms with E-state index in [0.29, 0.717) is 18.3 Å². The minimum absolute atomic E-state index is 0. The number of carbonyl (C=O) groups is 1. The summed E-state index contributed by atoms with van der Waals surface area (Å²) < 4.78 is 1.71. The van der Waals surface area contributed by atoms with Crippen molar-refractivity contribution in [3.63, 3.8) is 0 Å². The summed E-state index contributed by atoms with van der Waals surface area (Å²) in [6, 6.07) is 0. The fourth-order valence-electron chi connectivity index (χ4n) is 3.90. The molecule has 1 aliphatic heterocycles. The van der Waals surface area contributed by atoms with Gasteiger partial charge in [-0.15, -0.1) is 12.4 Å². The van der Waals surface area contributed by atoms with Crippen LogP contribution >= 0.6 is 12.4 Å². The summed E-state index contributed by atoms with van der Waals surface area (Å²) in [6.07, 6.45) is 8.81. The number of halogens is 1. The van der Waals surface area contributed by atoms with E-state index in [-0.39, 0.29) is 23.7 Å². The molecular formula is C17H30ClN5O. The fourth-order valence-corrected chi connectivity index (χ4v) is 3.90.